The summed E-state index contributed by atoms with van der Waals surface area (Å²) in [7, 11) is 0. The van der Waals surface area contributed by atoms with Crippen molar-refractivity contribution < 1.29 is 33.3 Å². The number of hydrogen-bond acceptors (Lipinski definition) is 7. The van der Waals surface area contributed by atoms with E-state index in [1.165, 1.54) is 12.1 Å². The van der Waals surface area contributed by atoms with Gasteiger partial charge < -0.3 is 18.9 Å². The first-order valence-electron chi connectivity index (χ1n) is 12.5. The molecule has 1 fully saturated rings. The largest absolute Gasteiger partial charge is 0.490 e. The first kappa shape index (κ1) is 26.8. The zero-order valence-electron chi connectivity index (χ0n) is 21.6. The number of anilines is 1. The van der Waals surface area contributed by atoms with Crippen LogP contribution in [0.4, 0.5) is 10.5 Å². The second-order valence-electron chi connectivity index (χ2n) is 8.81. The molecule has 0 aromatic heterocycles. The third-order valence-electron chi connectivity index (χ3n) is 6.18. The number of fused-ring (bicyclic) bond motifs is 1. The molecule has 3 aromatic rings. The number of allylic oxidation sites excluding steroid dienone is 1. The highest BCUT2D eigenvalue weighted by Gasteiger charge is 2.37. The van der Waals surface area contributed by atoms with E-state index in [-0.39, 0.29) is 24.7 Å². The Hall–Kier alpha value is -4.76. The van der Waals surface area contributed by atoms with Gasteiger partial charge in [-0.15, -0.1) is 6.58 Å². The molecule has 0 aliphatic carbocycles. The Balaban J connectivity index is 1.50. The maximum atomic E-state index is 13.5. The average Bonchev–Trinajstić information content (AvgIpc) is 3.40. The van der Waals surface area contributed by atoms with Crippen LogP contribution in [0.15, 0.2) is 72.8 Å². The number of barbiturate groups is 1. The lowest BCUT2D eigenvalue weighted by Gasteiger charge is -2.26. The summed E-state index contributed by atoms with van der Waals surface area (Å²) >= 11 is 6.30. The van der Waals surface area contributed by atoms with Crippen molar-refractivity contribution in [2.75, 3.05) is 18.3 Å². The summed E-state index contributed by atoms with van der Waals surface area (Å²) in [6, 6.07) is 14.6. The molecule has 0 radical (unpaired) electrons. The Kier molecular flexibility index (Phi) is 7.75. The summed E-state index contributed by atoms with van der Waals surface area (Å²) < 4.78 is 22.7. The normalized spacial score (nSPS) is 15.3. The predicted octanol–water partition coefficient (Wildman–Crippen LogP) is 5.44. The van der Waals surface area contributed by atoms with Crippen molar-refractivity contribution in [1.82, 2.24) is 5.32 Å². The van der Waals surface area contributed by atoms with Gasteiger partial charge in [-0.05, 0) is 55.3 Å². The van der Waals surface area contributed by atoms with Crippen molar-refractivity contribution in [3.8, 4) is 23.0 Å². The molecule has 2 heterocycles. The first-order valence-corrected chi connectivity index (χ1v) is 12.8. The number of ether oxygens (including phenoxy) is 4. The van der Waals surface area contributed by atoms with Crippen molar-refractivity contribution in [2.45, 2.75) is 20.0 Å². The third-order valence-corrected chi connectivity index (χ3v) is 6.54. The number of carbonyl (C=O) groups is 3. The molecule has 2 aliphatic heterocycles. The summed E-state index contributed by atoms with van der Waals surface area (Å²) in [6.07, 6.45) is 3.55. The molecule has 1 N–H and O–H groups in total. The lowest BCUT2D eigenvalue weighted by Crippen LogP contribution is -2.54. The highest BCUT2D eigenvalue weighted by Crippen LogP contribution is 2.38. The van der Waals surface area contributed by atoms with Crippen LogP contribution in [0.2, 0.25) is 5.02 Å². The SMILES string of the molecule is C=CCc1cc(C=C2C(=O)NC(=O)N(c3ccc4c(c3)OCO4)C2=O)cc(OCC)c1OCc1ccccc1Cl. The zero-order chi connectivity index (χ0) is 28.2. The molecule has 40 heavy (non-hydrogen) atoms. The van der Waals surface area contributed by atoms with Gasteiger partial charge in [0.15, 0.2) is 23.0 Å². The molecule has 1 saturated heterocycles. The lowest BCUT2D eigenvalue weighted by molar-refractivity contribution is -0.122. The van der Waals surface area contributed by atoms with Gasteiger partial charge in [0.2, 0.25) is 6.79 Å². The lowest BCUT2D eigenvalue weighted by atomic mass is 10.0. The number of benzene rings is 3. The number of halogens is 1. The molecule has 204 valence electrons. The highest BCUT2D eigenvalue weighted by molar-refractivity contribution is 6.39. The average molecular weight is 561 g/mol. The van der Waals surface area contributed by atoms with Gasteiger partial charge in [-0.2, -0.15) is 0 Å². The van der Waals surface area contributed by atoms with Crippen molar-refractivity contribution in [3.63, 3.8) is 0 Å². The smallest absolute Gasteiger partial charge is 0.335 e. The molecular formula is C30H25ClN2O7. The van der Waals surface area contributed by atoms with Crippen molar-refractivity contribution >= 4 is 41.2 Å². The van der Waals surface area contributed by atoms with Gasteiger partial charge in [0, 0.05) is 22.2 Å². The zero-order valence-corrected chi connectivity index (χ0v) is 22.3. The van der Waals surface area contributed by atoms with Gasteiger partial charge in [-0.1, -0.05) is 35.9 Å². The maximum absolute atomic E-state index is 13.5. The molecule has 10 heteroatoms. The Morgan fingerprint density at radius 1 is 1.02 bits per heavy atom. The van der Waals surface area contributed by atoms with E-state index in [0.717, 1.165) is 16.0 Å². The summed E-state index contributed by atoms with van der Waals surface area (Å²) in [5.41, 5.74) is 2.04. The molecule has 4 amide bonds. The number of carbonyl (C=O) groups excluding carboxylic acids is 3. The Labute approximate surface area is 235 Å². The van der Waals surface area contributed by atoms with E-state index in [2.05, 4.69) is 11.9 Å². The number of nitrogens with one attached hydrogen (secondary N) is 1. The number of rotatable bonds is 9. The monoisotopic (exact) mass is 560 g/mol. The number of hydrogen-bond donors (Lipinski definition) is 1. The van der Waals surface area contributed by atoms with E-state index in [0.29, 0.717) is 46.6 Å². The fourth-order valence-electron chi connectivity index (χ4n) is 4.35. The topological polar surface area (TPSA) is 103 Å². The molecule has 3 aromatic carbocycles. The number of imide groups is 2. The first-order chi connectivity index (χ1) is 19.4. The standard InChI is InChI=1S/C30H25ClN2O7/c1-3-7-19-12-18(14-26(37-4-2)27(19)38-16-20-8-5-6-9-23(20)31)13-22-28(34)32-30(36)33(29(22)35)21-10-11-24-25(15-21)40-17-39-24/h3,5-6,8-15H,1,4,7,16-17H2,2H3,(H,32,34,36). The summed E-state index contributed by atoms with van der Waals surface area (Å²) in [4.78, 5) is 39.8. The van der Waals surface area contributed by atoms with Crippen LogP contribution in [0.1, 0.15) is 23.6 Å². The fourth-order valence-corrected chi connectivity index (χ4v) is 4.54. The van der Waals surface area contributed by atoms with E-state index in [4.69, 9.17) is 30.5 Å². The van der Waals surface area contributed by atoms with Gasteiger partial charge in [0.1, 0.15) is 12.2 Å². The molecule has 0 saturated carbocycles. The van der Waals surface area contributed by atoms with Gasteiger partial charge >= 0.3 is 6.03 Å². The highest BCUT2D eigenvalue weighted by atomic mass is 35.5. The number of nitrogens with zero attached hydrogens (tertiary/aromatic N) is 1. The van der Waals surface area contributed by atoms with E-state index < -0.39 is 17.8 Å². The van der Waals surface area contributed by atoms with Gasteiger partial charge in [0.05, 0.1) is 12.3 Å². The van der Waals surface area contributed by atoms with Gasteiger partial charge in [-0.25, -0.2) is 9.69 Å². The fraction of sp³-hybridized carbons (Fsp3) is 0.167. The molecule has 5 rings (SSSR count). The van der Waals surface area contributed by atoms with Crippen molar-refractivity contribution in [2.24, 2.45) is 0 Å². The summed E-state index contributed by atoms with van der Waals surface area (Å²) in [6.45, 7) is 6.27. The van der Waals surface area contributed by atoms with Crippen LogP contribution >= 0.6 is 11.6 Å². The Morgan fingerprint density at radius 2 is 1.82 bits per heavy atom. The van der Waals surface area contributed by atoms with Crippen LogP contribution in [0, 0.1) is 0 Å². The molecule has 0 spiro atoms. The minimum atomic E-state index is -0.864. The summed E-state index contributed by atoms with van der Waals surface area (Å²) in [5.74, 6) is 0.219. The number of amides is 4. The van der Waals surface area contributed by atoms with E-state index in [1.807, 2.05) is 25.1 Å². The molecule has 0 bridgehead atoms. The van der Waals surface area contributed by atoms with E-state index in [1.54, 1.807) is 36.4 Å². The van der Waals surface area contributed by atoms with E-state index >= 15 is 0 Å². The van der Waals surface area contributed by atoms with Crippen LogP contribution in [0.3, 0.4) is 0 Å². The molecule has 0 unspecified atom stereocenters. The van der Waals surface area contributed by atoms with Crippen LogP contribution < -0.4 is 29.2 Å². The Bertz CT molecular complexity index is 1550. The molecule has 0 atom stereocenters. The second-order valence-corrected chi connectivity index (χ2v) is 9.22. The summed E-state index contributed by atoms with van der Waals surface area (Å²) in [5, 5.41) is 2.81. The minimum Gasteiger partial charge on any atom is -0.490 e. The van der Waals surface area contributed by atoms with Gasteiger partial charge in [0.25, 0.3) is 11.8 Å². The molecule has 9 nitrogen and oxygen atoms in total. The van der Waals surface area contributed by atoms with Crippen LogP contribution in [0.5, 0.6) is 23.0 Å². The molecular weight excluding hydrogens is 536 g/mol. The number of urea groups is 1. The quantitative estimate of drug-likeness (QED) is 0.211. The molecule has 2 aliphatic rings. The van der Waals surface area contributed by atoms with Crippen molar-refractivity contribution in [1.29, 1.82) is 0 Å². The minimum absolute atomic E-state index is 0.0376. The third kappa shape index (κ3) is 5.37. The van der Waals surface area contributed by atoms with Crippen molar-refractivity contribution in [3.05, 3.63) is 94.5 Å². The van der Waals surface area contributed by atoms with Crippen LogP contribution in [-0.4, -0.2) is 31.2 Å². The maximum Gasteiger partial charge on any atom is 0.335 e. The van der Waals surface area contributed by atoms with Gasteiger partial charge in [-0.3, -0.25) is 14.9 Å². The Morgan fingerprint density at radius 3 is 2.60 bits per heavy atom. The van der Waals surface area contributed by atoms with E-state index in [9.17, 15) is 14.4 Å². The second kappa shape index (κ2) is 11.5. The van der Waals surface area contributed by atoms with Crippen LogP contribution in [0.25, 0.3) is 6.08 Å². The predicted molar refractivity (Wildman–Crippen MR) is 149 cm³/mol. The van der Waals surface area contributed by atoms with Crippen LogP contribution in [-0.2, 0) is 22.6 Å².